The van der Waals surface area contributed by atoms with Crippen LogP contribution in [-0.2, 0) is 9.30 Å². The second kappa shape index (κ2) is 5.90. The summed E-state index contributed by atoms with van der Waals surface area (Å²) in [7, 11) is -4.07. The lowest BCUT2D eigenvalue weighted by molar-refractivity contribution is 0.0504. The molecular formula is C11H16N5O5P. The molecule has 2 atom stereocenters. The Kier molecular flexibility index (Phi) is 4.11. The second-order valence-corrected chi connectivity index (χ2v) is 6.86. The van der Waals surface area contributed by atoms with Gasteiger partial charge in [0.15, 0.2) is 11.2 Å². The van der Waals surface area contributed by atoms with Crippen LogP contribution in [-0.4, -0.2) is 61.3 Å². The fourth-order valence-electron chi connectivity index (χ4n) is 2.52. The smallest absolute Gasteiger partial charge is 0.327 e. The zero-order chi connectivity index (χ0) is 15.7. The van der Waals surface area contributed by atoms with Crippen molar-refractivity contribution in [3.63, 3.8) is 0 Å². The number of fused-ring (bicyclic) bond motifs is 1. The molecule has 22 heavy (non-hydrogen) atoms. The van der Waals surface area contributed by atoms with Gasteiger partial charge in [0.05, 0.1) is 37.6 Å². The summed E-state index contributed by atoms with van der Waals surface area (Å²) in [5.41, 5.74) is 0.401. The first-order chi connectivity index (χ1) is 10.5. The molecule has 3 rings (SSSR count). The average Bonchev–Trinajstić information content (AvgIpc) is 3.04. The molecule has 0 bridgehead atoms. The van der Waals surface area contributed by atoms with Crippen molar-refractivity contribution in [1.82, 2.24) is 24.8 Å². The molecule has 2 aromatic heterocycles. The Morgan fingerprint density at radius 3 is 3.00 bits per heavy atom. The Bertz CT molecular complexity index is 768. The van der Waals surface area contributed by atoms with Gasteiger partial charge in [-0.05, 0) is 0 Å². The number of hydrogen-bond acceptors (Lipinski definition) is 6. The summed E-state index contributed by atoms with van der Waals surface area (Å²) in [6.07, 6.45) is 2.25. The van der Waals surface area contributed by atoms with Crippen molar-refractivity contribution in [2.45, 2.75) is 12.1 Å². The van der Waals surface area contributed by atoms with Crippen LogP contribution >= 0.6 is 7.60 Å². The number of H-pyrrole nitrogens is 1. The van der Waals surface area contributed by atoms with Crippen LogP contribution in [0.1, 0.15) is 6.04 Å². The number of ether oxygens (including phenoxy) is 1. The van der Waals surface area contributed by atoms with Crippen LogP contribution in [0.2, 0.25) is 0 Å². The standard InChI is InChI=1S/C11H16N5O5P/c17-11-9-10(13-5-14-11)16(6-15-9)7-3-12-4-8(7)21-1-2-22(18,19)20/h5-8,12H,1-4H2,(H,13,14,17)(H2,18,19,20)/t7?,8-/m0/s1. The van der Waals surface area contributed by atoms with Crippen molar-refractivity contribution in [2.75, 3.05) is 25.9 Å². The van der Waals surface area contributed by atoms with Gasteiger partial charge >= 0.3 is 7.60 Å². The minimum absolute atomic E-state index is 0.0340. The van der Waals surface area contributed by atoms with Crippen molar-refractivity contribution in [3.8, 4) is 0 Å². The SMILES string of the molecule is O=c1[nH]cnc2c1ncn2C1CNC[C@@H]1OCCP(=O)(O)O. The number of imidazole rings is 1. The summed E-state index contributed by atoms with van der Waals surface area (Å²) in [5, 5.41) is 3.16. The van der Waals surface area contributed by atoms with Gasteiger partial charge in [-0.1, -0.05) is 0 Å². The number of rotatable bonds is 5. The topological polar surface area (TPSA) is 142 Å². The van der Waals surface area contributed by atoms with Crippen molar-refractivity contribution >= 4 is 18.8 Å². The molecule has 1 unspecified atom stereocenters. The predicted octanol–water partition coefficient (Wildman–Crippen LogP) is -1.17. The minimum atomic E-state index is -4.07. The molecule has 1 aliphatic heterocycles. The molecule has 0 radical (unpaired) electrons. The maximum absolute atomic E-state index is 11.7. The van der Waals surface area contributed by atoms with Gasteiger partial charge in [-0.25, -0.2) is 9.97 Å². The van der Waals surface area contributed by atoms with E-state index in [1.54, 1.807) is 4.57 Å². The van der Waals surface area contributed by atoms with Crippen molar-refractivity contribution in [1.29, 1.82) is 0 Å². The Morgan fingerprint density at radius 1 is 1.41 bits per heavy atom. The lowest BCUT2D eigenvalue weighted by Gasteiger charge is -2.20. The molecule has 0 spiro atoms. The second-order valence-electron chi connectivity index (χ2n) is 5.08. The van der Waals surface area contributed by atoms with Crippen LogP contribution in [0, 0.1) is 0 Å². The van der Waals surface area contributed by atoms with Crippen LogP contribution in [0.3, 0.4) is 0 Å². The zero-order valence-corrected chi connectivity index (χ0v) is 12.4. The third kappa shape index (κ3) is 3.11. The van der Waals surface area contributed by atoms with E-state index >= 15 is 0 Å². The Morgan fingerprint density at radius 2 is 2.23 bits per heavy atom. The van der Waals surface area contributed by atoms with Gasteiger partial charge in [-0.2, -0.15) is 0 Å². The van der Waals surface area contributed by atoms with Crippen LogP contribution in [0.4, 0.5) is 0 Å². The first kappa shape index (κ1) is 15.3. The van der Waals surface area contributed by atoms with E-state index in [0.29, 0.717) is 18.7 Å². The maximum Gasteiger partial charge on any atom is 0.327 e. The summed E-state index contributed by atoms with van der Waals surface area (Å²) < 4.78 is 18.2. The third-order valence-corrected chi connectivity index (χ3v) is 4.33. The van der Waals surface area contributed by atoms with Crippen LogP contribution in [0.5, 0.6) is 0 Å². The summed E-state index contributed by atoms with van der Waals surface area (Å²) in [6.45, 7) is 1.11. The van der Waals surface area contributed by atoms with E-state index in [4.69, 9.17) is 14.5 Å². The van der Waals surface area contributed by atoms with Crippen LogP contribution in [0.25, 0.3) is 11.2 Å². The van der Waals surface area contributed by atoms with Gasteiger partial charge < -0.3 is 29.4 Å². The van der Waals surface area contributed by atoms with Gasteiger partial charge in [0, 0.05) is 13.1 Å². The molecule has 3 heterocycles. The van der Waals surface area contributed by atoms with E-state index in [9.17, 15) is 9.36 Å². The molecule has 1 aliphatic rings. The van der Waals surface area contributed by atoms with E-state index in [-0.39, 0.29) is 36.0 Å². The molecule has 2 aromatic rings. The quantitative estimate of drug-likeness (QED) is 0.502. The highest BCUT2D eigenvalue weighted by Gasteiger charge is 2.31. The Balaban J connectivity index is 1.79. The first-order valence-corrected chi connectivity index (χ1v) is 8.52. The minimum Gasteiger partial charge on any atom is -0.374 e. The fraction of sp³-hybridized carbons (Fsp3) is 0.545. The van der Waals surface area contributed by atoms with Crippen molar-refractivity contribution in [2.24, 2.45) is 0 Å². The van der Waals surface area contributed by atoms with E-state index in [2.05, 4.69) is 20.3 Å². The van der Waals surface area contributed by atoms with E-state index < -0.39 is 7.60 Å². The van der Waals surface area contributed by atoms with Crippen molar-refractivity contribution in [3.05, 3.63) is 23.0 Å². The summed E-state index contributed by atoms with van der Waals surface area (Å²) >= 11 is 0. The summed E-state index contributed by atoms with van der Waals surface area (Å²) in [4.78, 5) is 40.1. The molecule has 10 nitrogen and oxygen atoms in total. The van der Waals surface area contributed by atoms with Crippen LogP contribution < -0.4 is 10.9 Å². The van der Waals surface area contributed by atoms with Gasteiger partial charge in [0.2, 0.25) is 0 Å². The fourth-order valence-corrected chi connectivity index (χ4v) is 2.86. The number of aromatic nitrogens is 4. The molecule has 1 saturated heterocycles. The highest BCUT2D eigenvalue weighted by atomic mass is 31.2. The average molecular weight is 329 g/mol. The Hall–Kier alpha value is -1.58. The molecule has 120 valence electrons. The first-order valence-electron chi connectivity index (χ1n) is 6.73. The molecule has 0 aromatic carbocycles. The lowest BCUT2D eigenvalue weighted by Crippen LogP contribution is -2.27. The normalized spacial score (nSPS) is 22.5. The van der Waals surface area contributed by atoms with Gasteiger partial charge in [-0.3, -0.25) is 9.36 Å². The molecule has 0 saturated carbocycles. The Labute approximate surface area is 124 Å². The highest BCUT2D eigenvalue weighted by molar-refractivity contribution is 7.51. The lowest BCUT2D eigenvalue weighted by atomic mass is 10.2. The highest BCUT2D eigenvalue weighted by Crippen LogP contribution is 2.34. The number of hydrogen-bond donors (Lipinski definition) is 4. The monoisotopic (exact) mass is 329 g/mol. The molecule has 0 aliphatic carbocycles. The molecule has 11 heteroatoms. The largest absolute Gasteiger partial charge is 0.374 e. The van der Waals surface area contributed by atoms with Gasteiger partial charge in [-0.15, -0.1) is 0 Å². The van der Waals surface area contributed by atoms with Gasteiger partial charge in [0.1, 0.15) is 0 Å². The van der Waals surface area contributed by atoms with E-state index in [1.807, 2.05) is 0 Å². The van der Waals surface area contributed by atoms with Crippen LogP contribution in [0.15, 0.2) is 17.4 Å². The van der Waals surface area contributed by atoms with E-state index in [1.165, 1.54) is 12.7 Å². The molecular weight excluding hydrogens is 313 g/mol. The summed E-state index contributed by atoms with van der Waals surface area (Å²) in [5.74, 6) is 0. The number of aromatic amines is 1. The third-order valence-electron chi connectivity index (χ3n) is 3.57. The van der Waals surface area contributed by atoms with E-state index in [0.717, 1.165) is 0 Å². The number of nitrogens with zero attached hydrogens (tertiary/aromatic N) is 3. The summed E-state index contributed by atoms with van der Waals surface area (Å²) in [6, 6.07) is -0.143. The number of nitrogens with one attached hydrogen (secondary N) is 2. The molecule has 1 fully saturated rings. The molecule has 4 N–H and O–H groups in total. The zero-order valence-electron chi connectivity index (χ0n) is 11.5. The maximum atomic E-state index is 11.7. The molecule has 0 amide bonds. The van der Waals surface area contributed by atoms with Gasteiger partial charge in [0.25, 0.3) is 5.56 Å². The predicted molar refractivity (Wildman–Crippen MR) is 76.7 cm³/mol. The van der Waals surface area contributed by atoms with Crippen molar-refractivity contribution < 1.29 is 19.1 Å².